The number of rotatable bonds is 2. The van der Waals surface area contributed by atoms with Crippen molar-refractivity contribution in [3.05, 3.63) is 35.1 Å². The highest BCUT2D eigenvalue weighted by Gasteiger charge is 2.35. The lowest BCUT2D eigenvalue weighted by Gasteiger charge is -2.20. The summed E-state index contributed by atoms with van der Waals surface area (Å²) in [6.07, 6.45) is 0. The third kappa shape index (κ3) is 2.48. The molecule has 1 amide bonds. The van der Waals surface area contributed by atoms with E-state index < -0.39 is 23.7 Å². The second kappa shape index (κ2) is 4.97. The summed E-state index contributed by atoms with van der Waals surface area (Å²) in [4.78, 5) is 24.4. The number of amides is 1. The van der Waals surface area contributed by atoms with Crippen LogP contribution in [-0.2, 0) is 4.79 Å². The number of carboxylic acids is 1. The molecule has 0 aromatic heterocycles. The topological polar surface area (TPSA) is 57.6 Å². The summed E-state index contributed by atoms with van der Waals surface area (Å²) in [7, 11) is 0. The maximum absolute atomic E-state index is 13.2. The molecule has 1 aromatic carbocycles. The molecule has 0 aliphatic carbocycles. The van der Waals surface area contributed by atoms with Crippen LogP contribution in [0.5, 0.6) is 0 Å². The van der Waals surface area contributed by atoms with E-state index in [1.807, 2.05) is 0 Å². The number of benzene rings is 1. The van der Waals surface area contributed by atoms with E-state index in [0.29, 0.717) is 17.2 Å². The minimum Gasteiger partial charge on any atom is -0.480 e. The van der Waals surface area contributed by atoms with Crippen LogP contribution in [0, 0.1) is 12.7 Å². The third-order valence-corrected chi connectivity index (χ3v) is 3.73. The summed E-state index contributed by atoms with van der Waals surface area (Å²) in [5.41, 5.74) is 0.832. The number of carboxylic acid groups (broad SMARTS) is 1. The van der Waals surface area contributed by atoms with Crippen molar-refractivity contribution < 1.29 is 19.1 Å². The van der Waals surface area contributed by atoms with Crippen molar-refractivity contribution in [1.82, 2.24) is 4.90 Å². The first-order valence-electron chi connectivity index (χ1n) is 5.38. The number of aliphatic carboxylic acids is 1. The molecule has 1 heterocycles. The van der Waals surface area contributed by atoms with Gasteiger partial charge in [-0.25, -0.2) is 9.18 Å². The molecule has 0 bridgehead atoms. The highest BCUT2D eigenvalue weighted by atomic mass is 32.2. The van der Waals surface area contributed by atoms with Crippen LogP contribution in [0.15, 0.2) is 18.2 Å². The summed E-state index contributed by atoms with van der Waals surface area (Å²) in [5.74, 6) is -1.26. The third-order valence-electron chi connectivity index (χ3n) is 2.72. The van der Waals surface area contributed by atoms with Crippen LogP contribution in [0.2, 0.25) is 0 Å². The predicted molar refractivity (Wildman–Crippen MR) is 66.1 cm³/mol. The summed E-state index contributed by atoms with van der Waals surface area (Å²) in [6.45, 7) is 1.69. The van der Waals surface area contributed by atoms with E-state index in [-0.39, 0.29) is 5.56 Å². The summed E-state index contributed by atoms with van der Waals surface area (Å²) in [6, 6.07) is 3.19. The molecule has 1 aliphatic heterocycles. The van der Waals surface area contributed by atoms with Gasteiger partial charge in [0, 0.05) is 11.3 Å². The van der Waals surface area contributed by atoms with Crippen LogP contribution in [0.4, 0.5) is 4.39 Å². The van der Waals surface area contributed by atoms with Crippen LogP contribution in [0.25, 0.3) is 0 Å². The molecular weight excluding hydrogens is 257 g/mol. The number of hydrogen-bond donors (Lipinski definition) is 1. The Hall–Kier alpha value is -1.56. The molecule has 18 heavy (non-hydrogen) atoms. The van der Waals surface area contributed by atoms with Gasteiger partial charge in [0.05, 0.1) is 5.88 Å². The van der Waals surface area contributed by atoms with Gasteiger partial charge < -0.3 is 10.0 Å². The van der Waals surface area contributed by atoms with Crippen LogP contribution in [0.3, 0.4) is 0 Å². The quantitative estimate of drug-likeness (QED) is 0.888. The molecule has 1 fully saturated rings. The molecule has 96 valence electrons. The number of nitrogens with zero attached hydrogens (tertiary/aromatic N) is 1. The van der Waals surface area contributed by atoms with Gasteiger partial charge >= 0.3 is 5.97 Å². The van der Waals surface area contributed by atoms with Crippen molar-refractivity contribution in [1.29, 1.82) is 0 Å². The highest BCUT2D eigenvalue weighted by Crippen LogP contribution is 2.23. The average Bonchev–Trinajstić information content (AvgIpc) is 2.75. The van der Waals surface area contributed by atoms with E-state index in [0.717, 1.165) is 6.07 Å². The molecule has 1 saturated heterocycles. The van der Waals surface area contributed by atoms with Crippen molar-refractivity contribution in [3.8, 4) is 0 Å². The van der Waals surface area contributed by atoms with Crippen molar-refractivity contribution >= 4 is 23.6 Å². The van der Waals surface area contributed by atoms with Crippen LogP contribution in [-0.4, -0.2) is 39.6 Å². The largest absolute Gasteiger partial charge is 0.480 e. The first-order valence-corrected chi connectivity index (χ1v) is 6.53. The van der Waals surface area contributed by atoms with Crippen molar-refractivity contribution in [2.45, 2.75) is 13.0 Å². The number of carbonyl (C=O) groups is 2. The maximum Gasteiger partial charge on any atom is 0.327 e. The summed E-state index contributed by atoms with van der Waals surface area (Å²) >= 11 is 1.38. The fourth-order valence-electron chi connectivity index (χ4n) is 1.87. The van der Waals surface area contributed by atoms with E-state index in [1.54, 1.807) is 13.0 Å². The van der Waals surface area contributed by atoms with Gasteiger partial charge in [-0.2, -0.15) is 0 Å². The minimum atomic E-state index is -1.03. The molecule has 4 nitrogen and oxygen atoms in total. The molecule has 1 atom stereocenters. The predicted octanol–water partition coefficient (Wildman–Crippen LogP) is 1.73. The smallest absolute Gasteiger partial charge is 0.327 e. The Morgan fingerprint density at radius 3 is 2.78 bits per heavy atom. The minimum absolute atomic E-state index is 0.196. The Morgan fingerprint density at radius 1 is 1.44 bits per heavy atom. The Labute approximate surface area is 108 Å². The molecule has 1 aromatic rings. The van der Waals surface area contributed by atoms with Gasteiger partial charge in [0.1, 0.15) is 11.9 Å². The zero-order valence-corrected chi connectivity index (χ0v) is 10.5. The average molecular weight is 269 g/mol. The molecule has 0 spiro atoms. The molecule has 0 radical (unpaired) electrons. The lowest BCUT2D eigenvalue weighted by atomic mass is 10.1. The summed E-state index contributed by atoms with van der Waals surface area (Å²) in [5, 5.41) is 9.01. The normalized spacial score (nSPS) is 19.0. The Balaban J connectivity index is 2.28. The number of hydrogen-bond acceptors (Lipinski definition) is 3. The Morgan fingerprint density at radius 2 is 2.17 bits per heavy atom. The van der Waals surface area contributed by atoms with E-state index >= 15 is 0 Å². The second-order valence-corrected chi connectivity index (χ2v) is 5.15. The van der Waals surface area contributed by atoms with Gasteiger partial charge in [-0.3, -0.25) is 4.79 Å². The van der Waals surface area contributed by atoms with Crippen molar-refractivity contribution in [3.63, 3.8) is 0 Å². The van der Waals surface area contributed by atoms with Crippen molar-refractivity contribution in [2.24, 2.45) is 0 Å². The molecule has 1 N–H and O–H groups in total. The van der Waals surface area contributed by atoms with Crippen LogP contribution < -0.4 is 0 Å². The van der Waals surface area contributed by atoms with Crippen LogP contribution >= 0.6 is 11.8 Å². The lowest BCUT2D eigenvalue weighted by Crippen LogP contribution is -2.41. The van der Waals surface area contributed by atoms with Gasteiger partial charge in [0.25, 0.3) is 5.91 Å². The number of halogens is 1. The molecule has 1 aliphatic rings. The number of carbonyl (C=O) groups excluding carboxylic acids is 1. The molecule has 1 unspecified atom stereocenters. The maximum atomic E-state index is 13.2. The zero-order valence-electron chi connectivity index (χ0n) is 9.72. The van der Waals surface area contributed by atoms with E-state index in [9.17, 15) is 14.0 Å². The van der Waals surface area contributed by atoms with E-state index in [1.165, 1.54) is 22.7 Å². The number of aryl methyl sites for hydroxylation is 1. The molecule has 2 rings (SSSR count). The van der Waals surface area contributed by atoms with Gasteiger partial charge in [0.15, 0.2) is 0 Å². The molecular formula is C12H12FNO3S. The van der Waals surface area contributed by atoms with Crippen molar-refractivity contribution in [2.75, 3.05) is 11.6 Å². The first-order chi connectivity index (χ1) is 8.49. The van der Waals surface area contributed by atoms with E-state index in [4.69, 9.17) is 5.11 Å². The molecule has 6 heteroatoms. The highest BCUT2D eigenvalue weighted by molar-refractivity contribution is 7.99. The first kappa shape index (κ1) is 12.9. The molecule has 0 saturated carbocycles. The lowest BCUT2D eigenvalue weighted by molar-refractivity contribution is -0.140. The summed E-state index contributed by atoms with van der Waals surface area (Å²) < 4.78 is 13.2. The second-order valence-electron chi connectivity index (χ2n) is 4.15. The standard InChI is InChI=1S/C12H12FNO3S/c1-7-2-8(4-9(13)3-7)11(15)14-6-18-5-10(14)12(16)17/h2-4,10H,5-6H2,1H3,(H,16,17). The Bertz CT molecular complexity index is 486. The van der Waals surface area contributed by atoms with E-state index in [2.05, 4.69) is 0 Å². The number of thioether (sulfide) groups is 1. The van der Waals surface area contributed by atoms with Gasteiger partial charge in [-0.05, 0) is 30.7 Å². The van der Waals surface area contributed by atoms with Gasteiger partial charge in [-0.15, -0.1) is 11.8 Å². The Kier molecular flexibility index (Phi) is 3.56. The fourth-order valence-corrected chi connectivity index (χ4v) is 3.02. The van der Waals surface area contributed by atoms with Gasteiger partial charge in [0.2, 0.25) is 0 Å². The monoisotopic (exact) mass is 269 g/mol. The SMILES string of the molecule is Cc1cc(F)cc(C(=O)N2CSCC2C(=O)O)c1. The van der Waals surface area contributed by atoms with Gasteiger partial charge in [-0.1, -0.05) is 0 Å². The van der Waals surface area contributed by atoms with Crippen LogP contribution in [0.1, 0.15) is 15.9 Å². The fraction of sp³-hybridized carbons (Fsp3) is 0.333. The zero-order chi connectivity index (χ0) is 13.3.